The van der Waals surface area contributed by atoms with Gasteiger partial charge >= 0.3 is 0 Å². The second kappa shape index (κ2) is 1.87. The van der Waals surface area contributed by atoms with Gasteiger partial charge in [0, 0.05) is 12.7 Å². The highest BCUT2D eigenvalue weighted by Gasteiger charge is 2.09. The first-order chi connectivity index (χ1) is 4.88. The Bertz CT molecular complexity index is 275. The smallest absolute Gasteiger partial charge is 0.136 e. The minimum absolute atomic E-state index is 0.351. The standard InChI is InChI=1S/C7H8N2O/c10-7-2-1-5-9-6(7)3-4-8-9/h2-4,10H,1,5H2. The molecule has 0 saturated heterocycles. The molecular formula is C7H8N2O. The maximum absolute atomic E-state index is 9.25. The molecule has 3 heteroatoms. The van der Waals surface area contributed by atoms with Gasteiger partial charge in [-0.2, -0.15) is 5.10 Å². The highest BCUT2D eigenvalue weighted by atomic mass is 16.3. The van der Waals surface area contributed by atoms with Gasteiger partial charge in [0.2, 0.25) is 0 Å². The van der Waals surface area contributed by atoms with E-state index in [-0.39, 0.29) is 0 Å². The van der Waals surface area contributed by atoms with Crippen LogP contribution in [0, 0.1) is 0 Å². The van der Waals surface area contributed by atoms with E-state index in [0.717, 1.165) is 18.7 Å². The third-order valence-corrected chi connectivity index (χ3v) is 1.66. The van der Waals surface area contributed by atoms with Crippen LogP contribution in [-0.2, 0) is 6.54 Å². The van der Waals surface area contributed by atoms with Crippen molar-refractivity contribution in [1.29, 1.82) is 0 Å². The lowest BCUT2D eigenvalue weighted by Gasteiger charge is -2.09. The zero-order valence-corrected chi connectivity index (χ0v) is 5.49. The van der Waals surface area contributed by atoms with E-state index < -0.39 is 0 Å². The molecule has 0 radical (unpaired) electrons. The van der Waals surface area contributed by atoms with Crippen LogP contribution in [0.4, 0.5) is 0 Å². The van der Waals surface area contributed by atoms with Crippen LogP contribution in [0.15, 0.2) is 18.3 Å². The van der Waals surface area contributed by atoms with Gasteiger partial charge in [-0.15, -0.1) is 0 Å². The first-order valence-corrected chi connectivity index (χ1v) is 3.29. The van der Waals surface area contributed by atoms with Crippen LogP contribution >= 0.6 is 0 Å². The Morgan fingerprint density at radius 3 is 3.30 bits per heavy atom. The Balaban J connectivity index is 2.55. The first-order valence-electron chi connectivity index (χ1n) is 3.29. The molecule has 0 saturated carbocycles. The van der Waals surface area contributed by atoms with Crippen molar-refractivity contribution in [2.24, 2.45) is 0 Å². The molecule has 52 valence electrons. The molecule has 2 rings (SSSR count). The van der Waals surface area contributed by atoms with Crippen LogP contribution in [0.5, 0.6) is 0 Å². The molecule has 2 heterocycles. The van der Waals surface area contributed by atoms with Gasteiger partial charge in [-0.3, -0.25) is 4.68 Å². The summed E-state index contributed by atoms with van der Waals surface area (Å²) in [6.45, 7) is 0.881. The lowest BCUT2D eigenvalue weighted by molar-refractivity contribution is 0.475. The minimum Gasteiger partial charge on any atom is -0.506 e. The van der Waals surface area contributed by atoms with Crippen molar-refractivity contribution in [3.8, 4) is 0 Å². The number of aliphatic hydroxyl groups excluding tert-OH is 1. The maximum atomic E-state index is 9.25. The van der Waals surface area contributed by atoms with Crippen molar-refractivity contribution in [3.63, 3.8) is 0 Å². The molecule has 1 N–H and O–H groups in total. The lowest BCUT2D eigenvalue weighted by atomic mass is 10.2. The third-order valence-electron chi connectivity index (χ3n) is 1.66. The quantitative estimate of drug-likeness (QED) is 0.581. The molecule has 1 aromatic heterocycles. The third kappa shape index (κ3) is 0.635. The van der Waals surface area contributed by atoms with Gasteiger partial charge in [0.1, 0.15) is 11.5 Å². The second-order valence-corrected chi connectivity index (χ2v) is 2.32. The van der Waals surface area contributed by atoms with Crippen LogP contribution in [0.3, 0.4) is 0 Å². The minimum atomic E-state index is 0.351. The number of allylic oxidation sites excluding steroid dienone is 1. The van der Waals surface area contributed by atoms with E-state index in [9.17, 15) is 5.11 Å². The van der Waals surface area contributed by atoms with E-state index in [4.69, 9.17) is 0 Å². The van der Waals surface area contributed by atoms with Gasteiger partial charge < -0.3 is 5.11 Å². The predicted octanol–water partition coefficient (Wildman–Crippen LogP) is 1.19. The molecule has 1 aromatic rings. The number of aryl methyl sites for hydroxylation is 1. The summed E-state index contributed by atoms with van der Waals surface area (Å²) in [6, 6.07) is 1.81. The van der Waals surface area contributed by atoms with Gasteiger partial charge in [0.05, 0.1) is 0 Å². The summed E-state index contributed by atoms with van der Waals surface area (Å²) >= 11 is 0. The molecule has 0 atom stereocenters. The molecule has 0 aromatic carbocycles. The Kier molecular flexibility index (Phi) is 1.03. The number of nitrogens with zero attached hydrogens (tertiary/aromatic N) is 2. The van der Waals surface area contributed by atoms with E-state index in [0.29, 0.717) is 5.76 Å². The van der Waals surface area contributed by atoms with Gasteiger partial charge in [0.15, 0.2) is 0 Å². The Hall–Kier alpha value is -1.25. The maximum Gasteiger partial charge on any atom is 0.136 e. The van der Waals surface area contributed by atoms with E-state index in [1.807, 2.05) is 12.1 Å². The van der Waals surface area contributed by atoms with Gasteiger partial charge in [-0.1, -0.05) is 0 Å². The SMILES string of the molecule is OC1=CCCn2nccc21. The van der Waals surface area contributed by atoms with Crippen molar-refractivity contribution in [1.82, 2.24) is 9.78 Å². The molecule has 0 aliphatic carbocycles. The molecule has 0 fully saturated rings. The van der Waals surface area contributed by atoms with Crippen LogP contribution in [0.25, 0.3) is 5.76 Å². The summed E-state index contributed by atoms with van der Waals surface area (Å²) in [7, 11) is 0. The molecule has 1 aliphatic heterocycles. The average Bonchev–Trinajstić information content (AvgIpc) is 2.36. The summed E-state index contributed by atoms with van der Waals surface area (Å²) in [6.07, 6.45) is 4.39. The fourth-order valence-electron chi connectivity index (χ4n) is 1.16. The molecule has 0 bridgehead atoms. The summed E-state index contributed by atoms with van der Waals surface area (Å²) in [5, 5.41) is 13.3. The summed E-state index contributed by atoms with van der Waals surface area (Å²) in [5.41, 5.74) is 0.825. The van der Waals surface area contributed by atoms with Gasteiger partial charge in [-0.05, 0) is 18.6 Å². The largest absolute Gasteiger partial charge is 0.506 e. The van der Waals surface area contributed by atoms with Gasteiger partial charge in [0.25, 0.3) is 0 Å². The van der Waals surface area contributed by atoms with Crippen molar-refractivity contribution < 1.29 is 5.11 Å². The van der Waals surface area contributed by atoms with E-state index in [1.165, 1.54) is 0 Å². The number of fused-ring (bicyclic) bond motifs is 1. The normalized spacial score (nSPS) is 16.2. The van der Waals surface area contributed by atoms with Crippen molar-refractivity contribution in [2.45, 2.75) is 13.0 Å². The van der Waals surface area contributed by atoms with Gasteiger partial charge in [-0.25, -0.2) is 0 Å². The fourth-order valence-corrected chi connectivity index (χ4v) is 1.16. The van der Waals surface area contributed by atoms with E-state index in [1.54, 1.807) is 10.9 Å². The Morgan fingerprint density at radius 1 is 1.60 bits per heavy atom. The van der Waals surface area contributed by atoms with Crippen molar-refractivity contribution in [3.05, 3.63) is 24.0 Å². The summed E-state index contributed by atoms with van der Waals surface area (Å²) < 4.78 is 1.80. The van der Waals surface area contributed by atoms with Crippen LogP contribution in [0.2, 0.25) is 0 Å². The topological polar surface area (TPSA) is 38.0 Å². The zero-order valence-electron chi connectivity index (χ0n) is 5.49. The summed E-state index contributed by atoms with van der Waals surface area (Å²) in [4.78, 5) is 0. The van der Waals surface area contributed by atoms with E-state index in [2.05, 4.69) is 5.10 Å². The highest BCUT2D eigenvalue weighted by Crippen LogP contribution is 2.16. The second-order valence-electron chi connectivity index (χ2n) is 2.32. The Labute approximate surface area is 58.6 Å². The van der Waals surface area contributed by atoms with Crippen LogP contribution in [0.1, 0.15) is 12.1 Å². The van der Waals surface area contributed by atoms with Crippen LogP contribution in [-0.4, -0.2) is 14.9 Å². The number of hydrogen-bond donors (Lipinski definition) is 1. The summed E-state index contributed by atoms with van der Waals surface area (Å²) in [5.74, 6) is 0.351. The number of aromatic nitrogens is 2. The predicted molar refractivity (Wildman–Crippen MR) is 37.4 cm³/mol. The number of aliphatic hydroxyl groups is 1. The number of rotatable bonds is 0. The van der Waals surface area contributed by atoms with Crippen molar-refractivity contribution in [2.75, 3.05) is 0 Å². The molecule has 0 amide bonds. The van der Waals surface area contributed by atoms with E-state index >= 15 is 0 Å². The number of hydrogen-bond acceptors (Lipinski definition) is 2. The monoisotopic (exact) mass is 136 g/mol. The molecule has 0 spiro atoms. The molecule has 3 nitrogen and oxygen atoms in total. The fraction of sp³-hybridized carbons (Fsp3) is 0.286. The Morgan fingerprint density at radius 2 is 2.50 bits per heavy atom. The first kappa shape index (κ1) is 5.53. The van der Waals surface area contributed by atoms with Crippen molar-refractivity contribution >= 4 is 5.76 Å². The molecule has 0 unspecified atom stereocenters. The molecule has 1 aliphatic rings. The molecule has 10 heavy (non-hydrogen) atoms. The highest BCUT2D eigenvalue weighted by molar-refractivity contribution is 5.55. The lowest BCUT2D eigenvalue weighted by Crippen LogP contribution is -2.07. The average molecular weight is 136 g/mol. The van der Waals surface area contributed by atoms with Crippen LogP contribution < -0.4 is 0 Å². The molecular weight excluding hydrogens is 128 g/mol. The zero-order chi connectivity index (χ0) is 6.97.